The van der Waals surface area contributed by atoms with Crippen LogP contribution in [0.5, 0.6) is 0 Å². The molecule has 1 heterocycles. The minimum atomic E-state index is -0.925. The molecule has 0 radical (unpaired) electrons. The van der Waals surface area contributed by atoms with Crippen molar-refractivity contribution in [2.24, 2.45) is 5.92 Å². The Bertz CT molecular complexity index is 275. The van der Waals surface area contributed by atoms with E-state index >= 15 is 0 Å². The summed E-state index contributed by atoms with van der Waals surface area (Å²) in [5.74, 6) is -0.619. The molecule has 4 atom stereocenters. The van der Waals surface area contributed by atoms with Gasteiger partial charge >= 0.3 is 0 Å². The van der Waals surface area contributed by atoms with Crippen LogP contribution in [0.3, 0.4) is 0 Å². The molecule has 2 unspecified atom stereocenters. The fourth-order valence-electron chi connectivity index (χ4n) is 2.09. The van der Waals surface area contributed by atoms with Crippen molar-refractivity contribution in [1.82, 2.24) is 5.32 Å². The van der Waals surface area contributed by atoms with Crippen LogP contribution in [0.1, 0.15) is 6.42 Å². The molecule has 0 aromatic heterocycles. The summed E-state index contributed by atoms with van der Waals surface area (Å²) in [6.07, 6.45) is -0.668. The number of aliphatic hydroxyl groups excluding tert-OH is 3. The summed E-state index contributed by atoms with van der Waals surface area (Å²) in [6, 6.07) is -0.444. The number of carbonyl (C=O) groups excluding carboxylic acids is 1. The Labute approximate surface area is 74.7 Å². The number of hydrogen-bond donors (Lipinski definition) is 4. The van der Waals surface area contributed by atoms with E-state index in [0.29, 0.717) is 6.42 Å². The molecule has 5 nitrogen and oxygen atoms in total. The minimum absolute atomic E-state index is 0.251. The Morgan fingerprint density at radius 2 is 2.15 bits per heavy atom. The van der Waals surface area contributed by atoms with Gasteiger partial charge in [-0.25, -0.2) is 0 Å². The van der Waals surface area contributed by atoms with Gasteiger partial charge in [-0.2, -0.15) is 0 Å². The second-order valence-electron chi connectivity index (χ2n) is 3.48. The molecule has 2 aliphatic rings. The quantitative estimate of drug-likeness (QED) is 0.278. The monoisotopic (exact) mass is 185 g/mol. The maximum absolute atomic E-state index is 11.1. The van der Waals surface area contributed by atoms with E-state index < -0.39 is 18.2 Å². The van der Waals surface area contributed by atoms with E-state index in [-0.39, 0.29) is 17.4 Å². The number of hydrogen-bond acceptors (Lipinski definition) is 4. The number of fused-ring (bicyclic) bond motifs is 1. The first-order valence-electron chi connectivity index (χ1n) is 4.16. The summed E-state index contributed by atoms with van der Waals surface area (Å²) >= 11 is 0. The van der Waals surface area contributed by atoms with Crippen molar-refractivity contribution in [2.75, 3.05) is 0 Å². The van der Waals surface area contributed by atoms with Crippen LogP contribution in [-0.2, 0) is 4.79 Å². The van der Waals surface area contributed by atoms with Gasteiger partial charge in [0.1, 0.15) is 6.10 Å². The van der Waals surface area contributed by atoms with Gasteiger partial charge in [-0.15, -0.1) is 0 Å². The van der Waals surface area contributed by atoms with Gasteiger partial charge in [0.2, 0.25) is 0 Å². The molecule has 13 heavy (non-hydrogen) atoms. The number of rotatable bonds is 0. The normalized spacial score (nSPS) is 46.6. The molecule has 1 aliphatic heterocycles. The molecular weight excluding hydrogens is 174 g/mol. The van der Waals surface area contributed by atoms with Gasteiger partial charge in [0, 0.05) is 5.92 Å². The average Bonchev–Trinajstić information content (AvgIpc) is 2.52. The predicted octanol–water partition coefficient (Wildman–Crippen LogP) is -1.33. The van der Waals surface area contributed by atoms with E-state index in [1.54, 1.807) is 0 Å². The SMILES string of the molecule is O=C1N[C@@H]2C(O)C(O)C[C@@H]2/C1=C\O. The van der Waals surface area contributed by atoms with Crippen molar-refractivity contribution >= 4 is 5.91 Å². The van der Waals surface area contributed by atoms with Gasteiger partial charge in [0.15, 0.2) is 0 Å². The number of nitrogens with one attached hydrogen (secondary N) is 1. The highest BCUT2D eigenvalue weighted by molar-refractivity contribution is 5.96. The molecule has 0 aromatic rings. The summed E-state index contributed by atoms with van der Waals surface area (Å²) in [5.41, 5.74) is 0.251. The molecule has 4 N–H and O–H groups in total. The smallest absolute Gasteiger partial charge is 0.250 e. The number of amides is 1. The molecule has 2 rings (SSSR count). The Kier molecular flexibility index (Phi) is 1.78. The molecule has 0 bridgehead atoms. The predicted molar refractivity (Wildman–Crippen MR) is 42.8 cm³/mol. The van der Waals surface area contributed by atoms with E-state index in [1.807, 2.05) is 0 Å². The largest absolute Gasteiger partial charge is 0.515 e. The van der Waals surface area contributed by atoms with Crippen molar-refractivity contribution in [1.29, 1.82) is 0 Å². The Balaban J connectivity index is 2.27. The Morgan fingerprint density at radius 3 is 2.77 bits per heavy atom. The standard InChI is InChI=1S/C8H11NO4/c10-2-4-3-1-5(11)7(12)6(3)9-8(4)13/h2-3,5-7,10-12H,1H2,(H,9,13)/b4-2+/t3-,5?,6+,7?/m1/s1. The first-order chi connectivity index (χ1) is 6.15. The first-order valence-corrected chi connectivity index (χ1v) is 4.16. The van der Waals surface area contributed by atoms with Crippen molar-refractivity contribution in [2.45, 2.75) is 24.7 Å². The second kappa shape index (κ2) is 2.71. The summed E-state index contributed by atoms with van der Waals surface area (Å²) in [6.45, 7) is 0. The topological polar surface area (TPSA) is 89.8 Å². The van der Waals surface area contributed by atoms with Crippen LogP contribution in [0.15, 0.2) is 11.8 Å². The minimum Gasteiger partial charge on any atom is -0.515 e. The highest BCUT2D eigenvalue weighted by Crippen LogP contribution is 2.36. The molecule has 5 heteroatoms. The van der Waals surface area contributed by atoms with Crippen LogP contribution in [0.2, 0.25) is 0 Å². The Hall–Kier alpha value is -1.07. The summed E-state index contributed by atoms with van der Waals surface area (Å²) in [4.78, 5) is 11.1. The second-order valence-corrected chi connectivity index (χ2v) is 3.48. The zero-order valence-corrected chi connectivity index (χ0v) is 6.84. The van der Waals surface area contributed by atoms with Crippen molar-refractivity contribution in [3.8, 4) is 0 Å². The van der Waals surface area contributed by atoms with Gasteiger partial charge in [0.25, 0.3) is 5.91 Å². The van der Waals surface area contributed by atoms with Crippen LogP contribution in [-0.4, -0.2) is 39.5 Å². The van der Waals surface area contributed by atoms with Crippen LogP contribution in [0.25, 0.3) is 0 Å². The number of carbonyl (C=O) groups is 1. The van der Waals surface area contributed by atoms with E-state index in [9.17, 15) is 15.0 Å². The molecule has 0 spiro atoms. The molecule has 2 fully saturated rings. The van der Waals surface area contributed by atoms with Crippen molar-refractivity contribution < 1.29 is 20.1 Å². The highest BCUT2D eigenvalue weighted by atomic mass is 16.3. The van der Waals surface area contributed by atoms with Crippen LogP contribution in [0.4, 0.5) is 0 Å². The maximum Gasteiger partial charge on any atom is 0.250 e. The van der Waals surface area contributed by atoms with Crippen molar-refractivity contribution in [3.05, 3.63) is 11.8 Å². The lowest BCUT2D eigenvalue weighted by molar-refractivity contribution is -0.117. The third-order valence-corrected chi connectivity index (χ3v) is 2.79. The molecule has 1 saturated heterocycles. The van der Waals surface area contributed by atoms with Gasteiger partial charge in [-0.3, -0.25) is 4.79 Å². The lowest BCUT2D eigenvalue weighted by Crippen LogP contribution is -2.39. The van der Waals surface area contributed by atoms with Gasteiger partial charge in [-0.1, -0.05) is 0 Å². The lowest BCUT2D eigenvalue weighted by Gasteiger charge is -2.13. The van der Waals surface area contributed by atoms with E-state index in [0.717, 1.165) is 6.26 Å². The molecule has 72 valence electrons. The molecule has 1 saturated carbocycles. The fourth-order valence-corrected chi connectivity index (χ4v) is 2.09. The number of aliphatic hydroxyl groups is 3. The van der Waals surface area contributed by atoms with Gasteiger partial charge in [0.05, 0.1) is 24.0 Å². The molecule has 1 amide bonds. The maximum atomic E-state index is 11.1. The average molecular weight is 185 g/mol. The summed E-state index contributed by atoms with van der Waals surface area (Å²) < 4.78 is 0. The lowest BCUT2D eigenvalue weighted by atomic mass is 9.99. The molecular formula is C8H11NO4. The van der Waals surface area contributed by atoms with E-state index in [2.05, 4.69) is 5.32 Å². The third-order valence-electron chi connectivity index (χ3n) is 2.79. The molecule has 1 aliphatic carbocycles. The van der Waals surface area contributed by atoms with E-state index in [1.165, 1.54) is 0 Å². The van der Waals surface area contributed by atoms with Crippen LogP contribution < -0.4 is 5.32 Å². The van der Waals surface area contributed by atoms with Gasteiger partial charge in [-0.05, 0) is 6.42 Å². The summed E-state index contributed by atoms with van der Waals surface area (Å²) in [5, 5.41) is 30.0. The first kappa shape index (κ1) is 8.52. The summed E-state index contributed by atoms with van der Waals surface area (Å²) in [7, 11) is 0. The van der Waals surface area contributed by atoms with Crippen molar-refractivity contribution in [3.63, 3.8) is 0 Å². The molecule has 0 aromatic carbocycles. The van der Waals surface area contributed by atoms with Crippen LogP contribution in [0, 0.1) is 5.92 Å². The third kappa shape index (κ3) is 1.04. The zero-order valence-electron chi connectivity index (χ0n) is 6.84. The highest BCUT2D eigenvalue weighted by Gasteiger charge is 2.50. The zero-order chi connectivity index (χ0) is 9.59. The fraction of sp³-hybridized carbons (Fsp3) is 0.625. The van der Waals surface area contributed by atoms with Crippen LogP contribution >= 0.6 is 0 Å². The van der Waals surface area contributed by atoms with Gasteiger partial charge < -0.3 is 20.6 Å². The van der Waals surface area contributed by atoms with E-state index in [4.69, 9.17) is 5.11 Å². The Morgan fingerprint density at radius 1 is 1.46 bits per heavy atom.